The first-order chi connectivity index (χ1) is 4.43. The molecule has 0 bridgehead atoms. The Kier molecular flexibility index (Phi) is 5.46. The Hall–Kier alpha value is -0.203. The smallest absolute Gasteiger partial charge is 0.774 e. The third-order valence-corrected chi connectivity index (χ3v) is 1.50. The van der Waals surface area contributed by atoms with Crippen LogP contribution >= 0.6 is 0 Å². The van der Waals surface area contributed by atoms with Crippen molar-refractivity contribution >= 4 is 0 Å². The SMILES string of the molecule is [Li+].[O-]/N=N/N1CCCCC1. The topological polar surface area (TPSA) is 51.0 Å². The minimum absolute atomic E-state index is 0. The van der Waals surface area contributed by atoms with Gasteiger partial charge in [0.05, 0.1) is 0 Å². The standard InChI is InChI=1S/C5H11N3O.Li/c9-7-6-8-4-2-1-3-5-8;/h1-5H2,(H,6,9);/q;+1/p-1. The second kappa shape index (κ2) is 5.57. The Morgan fingerprint density at radius 1 is 1.10 bits per heavy atom. The molecular formula is C5H10LiN3O. The molecule has 0 unspecified atom stereocenters. The molecule has 0 aliphatic carbocycles. The third-order valence-electron chi connectivity index (χ3n) is 1.50. The maximum Gasteiger partial charge on any atom is 1.00 e. The van der Waals surface area contributed by atoms with E-state index < -0.39 is 0 Å². The van der Waals surface area contributed by atoms with Crippen LogP contribution in [0.5, 0.6) is 0 Å². The van der Waals surface area contributed by atoms with Crippen LogP contribution in [-0.4, -0.2) is 18.1 Å². The predicted molar refractivity (Wildman–Crippen MR) is 33.6 cm³/mol. The van der Waals surface area contributed by atoms with Crippen LogP contribution in [0, 0.1) is 5.21 Å². The molecule has 1 fully saturated rings. The van der Waals surface area contributed by atoms with Crippen LogP contribution in [0.15, 0.2) is 10.5 Å². The number of hydrogen-bond acceptors (Lipinski definition) is 3. The van der Waals surface area contributed by atoms with Crippen LogP contribution in [0.1, 0.15) is 19.3 Å². The molecule has 0 atom stereocenters. The average molecular weight is 135 g/mol. The summed E-state index contributed by atoms with van der Waals surface area (Å²) in [6, 6.07) is 0. The molecule has 0 radical (unpaired) electrons. The van der Waals surface area contributed by atoms with E-state index in [0.29, 0.717) is 0 Å². The summed E-state index contributed by atoms with van der Waals surface area (Å²) in [6.45, 7) is 1.79. The molecule has 0 spiro atoms. The summed E-state index contributed by atoms with van der Waals surface area (Å²) in [5.41, 5.74) is 0. The molecule has 52 valence electrons. The van der Waals surface area contributed by atoms with Crippen LogP contribution < -0.4 is 18.9 Å². The van der Waals surface area contributed by atoms with Gasteiger partial charge in [0, 0.05) is 13.1 Å². The Labute approximate surface area is 72.4 Å². The normalized spacial score (nSPS) is 19.0. The van der Waals surface area contributed by atoms with Crippen molar-refractivity contribution in [2.75, 3.05) is 13.1 Å². The van der Waals surface area contributed by atoms with Crippen LogP contribution in [0.2, 0.25) is 0 Å². The number of hydrogen-bond donors (Lipinski definition) is 0. The van der Waals surface area contributed by atoms with Gasteiger partial charge in [-0.15, -0.1) is 0 Å². The van der Waals surface area contributed by atoms with Gasteiger partial charge in [-0.05, 0) is 19.3 Å². The molecule has 0 aromatic carbocycles. The molecule has 4 nitrogen and oxygen atoms in total. The van der Waals surface area contributed by atoms with E-state index in [0.717, 1.165) is 25.9 Å². The fourth-order valence-electron chi connectivity index (χ4n) is 1.02. The number of rotatable bonds is 1. The van der Waals surface area contributed by atoms with Gasteiger partial charge < -0.3 is 5.21 Å². The van der Waals surface area contributed by atoms with E-state index in [1.165, 1.54) is 6.42 Å². The Bertz CT molecular complexity index is 103. The summed E-state index contributed by atoms with van der Waals surface area (Å²) >= 11 is 0. The number of piperidine rings is 1. The molecule has 1 saturated heterocycles. The minimum Gasteiger partial charge on any atom is -0.774 e. The van der Waals surface area contributed by atoms with Gasteiger partial charge in [-0.2, -0.15) is 5.28 Å². The molecule has 1 rings (SSSR count). The van der Waals surface area contributed by atoms with Gasteiger partial charge >= 0.3 is 18.9 Å². The first-order valence-corrected chi connectivity index (χ1v) is 3.22. The summed E-state index contributed by atoms with van der Waals surface area (Å²) < 4.78 is 0. The molecule has 0 N–H and O–H groups in total. The summed E-state index contributed by atoms with van der Waals surface area (Å²) in [6.07, 6.45) is 3.53. The zero-order chi connectivity index (χ0) is 6.53. The summed E-state index contributed by atoms with van der Waals surface area (Å²) in [5, 5.41) is 17.2. The molecule has 0 amide bonds. The van der Waals surface area contributed by atoms with E-state index in [4.69, 9.17) is 0 Å². The first kappa shape index (κ1) is 9.80. The van der Waals surface area contributed by atoms with Crippen LogP contribution in [-0.2, 0) is 0 Å². The second-order valence-corrected chi connectivity index (χ2v) is 2.19. The van der Waals surface area contributed by atoms with Crippen LogP contribution in [0.3, 0.4) is 0 Å². The Morgan fingerprint density at radius 2 is 1.70 bits per heavy atom. The van der Waals surface area contributed by atoms with Crippen LogP contribution in [0.4, 0.5) is 0 Å². The minimum atomic E-state index is 0. The fourth-order valence-corrected chi connectivity index (χ4v) is 1.02. The van der Waals surface area contributed by atoms with Gasteiger partial charge in [-0.3, -0.25) is 5.01 Å². The summed E-state index contributed by atoms with van der Waals surface area (Å²) in [4.78, 5) is 0. The van der Waals surface area contributed by atoms with Crippen LogP contribution in [0.25, 0.3) is 0 Å². The predicted octanol–water partition coefficient (Wildman–Crippen LogP) is -1.66. The zero-order valence-corrected chi connectivity index (χ0v) is 6.29. The van der Waals surface area contributed by atoms with Crippen molar-refractivity contribution in [2.45, 2.75) is 19.3 Å². The van der Waals surface area contributed by atoms with Crippen molar-refractivity contribution < 1.29 is 18.9 Å². The largest absolute Gasteiger partial charge is 1.00 e. The van der Waals surface area contributed by atoms with E-state index in [1.807, 2.05) is 0 Å². The van der Waals surface area contributed by atoms with Crippen molar-refractivity contribution in [1.29, 1.82) is 0 Å². The maximum absolute atomic E-state index is 9.61. The molecule has 1 aliphatic heterocycles. The number of nitrogens with zero attached hydrogens (tertiary/aromatic N) is 3. The molecule has 1 heterocycles. The summed E-state index contributed by atoms with van der Waals surface area (Å²) in [7, 11) is 0. The Morgan fingerprint density at radius 3 is 2.20 bits per heavy atom. The van der Waals surface area contributed by atoms with Crippen molar-refractivity contribution in [1.82, 2.24) is 5.01 Å². The van der Waals surface area contributed by atoms with Gasteiger partial charge in [0.2, 0.25) is 0 Å². The van der Waals surface area contributed by atoms with Crippen molar-refractivity contribution in [3.63, 3.8) is 0 Å². The summed E-state index contributed by atoms with van der Waals surface area (Å²) in [5.74, 6) is 0. The quantitative estimate of drug-likeness (QED) is 0.245. The van der Waals surface area contributed by atoms with E-state index in [1.54, 1.807) is 5.01 Å². The fraction of sp³-hybridized carbons (Fsp3) is 1.00. The monoisotopic (exact) mass is 135 g/mol. The van der Waals surface area contributed by atoms with E-state index in [9.17, 15) is 5.21 Å². The molecule has 0 aromatic heterocycles. The maximum atomic E-state index is 9.61. The van der Waals surface area contributed by atoms with E-state index >= 15 is 0 Å². The Balaban J connectivity index is 0.000000810. The van der Waals surface area contributed by atoms with E-state index in [2.05, 4.69) is 10.5 Å². The molecule has 0 aromatic rings. The molecule has 0 saturated carbocycles. The van der Waals surface area contributed by atoms with E-state index in [-0.39, 0.29) is 18.9 Å². The zero-order valence-electron chi connectivity index (χ0n) is 6.29. The van der Waals surface area contributed by atoms with Crippen molar-refractivity contribution in [3.05, 3.63) is 5.21 Å². The van der Waals surface area contributed by atoms with Crippen molar-refractivity contribution in [2.24, 2.45) is 10.5 Å². The van der Waals surface area contributed by atoms with Gasteiger partial charge in [0.25, 0.3) is 0 Å². The van der Waals surface area contributed by atoms with Gasteiger partial charge in [-0.25, -0.2) is 0 Å². The third kappa shape index (κ3) is 3.09. The molecule has 1 aliphatic rings. The average Bonchev–Trinajstić information content (AvgIpc) is 1.91. The second-order valence-electron chi connectivity index (χ2n) is 2.19. The molecular weight excluding hydrogens is 125 g/mol. The van der Waals surface area contributed by atoms with Crippen molar-refractivity contribution in [3.8, 4) is 0 Å². The van der Waals surface area contributed by atoms with Gasteiger partial charge in [0.1, 0.15) is 0 Å². The van der Waals surface area contributed by atoms with Gasteiger partial charge in [-0.1, -0.05) is 5.22 Å². The molecule has 10 heavy (non-hydrogen) atoms. The van der Waals surface area contributed by atoms with Gasteiger partial charge in [0.15, 0.2) is 0 Å². The first-order valence-electron chi connectivity index (χ1n) is 3.22. The molecule has 5 heteroatoms.